The molecule has 1 aromatic carbocycles. The van der Waals surface area contributed by atoms with Gasteiger partial charge in [-0.2, -0.15) is 13.2 Å². The van der Waals surface area contributed by atoms with Crippen molar-refractivity contribution < 1.29 is 17.9 Å². The summed E-state index contributed by atoms with van der Waals surface area (Å²) in [6.07, 6.45) is -0.718. The van der Waals surface area contributed by atoms with Gasteiger partial charge in [0.25, 0.3) is 0 Å². The van der Waals surface area contributed by atoms with Gasteiger partial charge in [-0.3, -0.25) is 0 Å². The maximum atomic E-state index is 12.0. The normalized spacial score (nSPS) is 17.1. The van der Waals surface area contributed by atoms with Gasteiger partial charge in [0, 0.05) is 11.7 Å². The molecule has 5 heteroatoms. The van der Waals surface area contributed by atoms with Crippen LogP contribution in [0.2, 0.25) is 0 Å². The van der Waals surface area contributed by atoms with Gasteiger partial charge in [0.15, 0.2) is 6.61 Å². The van der Waals surface area contributed by atoms with Crippen LogP contribution in [-0.2, 0) is 0 Å². The van der Waals surface area contributed by atoms with Crippen molar-refractivity contribution in [1.82, 2.24) is 0 Å². The first kappa shape index (κ1) is 14.0. The van der Waals surface area contributed by atoms with Crippen molar-refractivity contribution in [3.05, 3.63) is 24.3 Å². The first-order chi connectivity index (χ1) is 8.98. The highest BCUT2D eigenvalue weighted by Crippen LogP contribution is 2.35. The Balaban J connectivity index is 1.87. The molecule has 2 rings (SSSR count). The Morgan fingerprint density at radius 1 is 1.26 bits per heavy atom. The third-order valence-electron chi connectivity index (χ3n) is 3.24. The van der Waals surface area contributed by atoms with E-state index in [1.807, 2.05) is 0 Å². The molecule has 0 aromatic heterocycles. The highest BCUT2D eigenvalue weighted by molar-refractivity contribution is 5.47. The molecule has 19 heavy (non-hydrogen) atoms. The van der Waals surface area contributed by atoms with E-state index in [1.54, 1.807) is 24.3 Å². The monoisotopic (exact) mass is 273 g/mol. The number of hydrogen-bond donors (Lipinski definition) is 1. The third-order valence-corrected chi connectivity index (χ3v) is 3.24. The summed E-state index contributed by atoms with van der Waals surface area (Å²) in [5.74, 6) is 0.980. The average molecular weight is 273 g/mol. The highest BCUT2D eigenvalue weighted by Gasteiger charge is 2.30. The van der Waals surface area contributed by atoms with Crippen LogP contribution in [0.25, 0.3) is 0 Å². The second-order valence-corrected chi connectivity index (χ2v) is 4.92. The Bertz CT molecular complexity index is 398. The van der Waals surface area contributed by atoms with Gasteiger partial charge < -0.3 is 10.1 Å². The van der Waals surface area contributed by atoms with Crippen LogP contribution in [0.4, 0.5) is 18.9 Å². The van der Waals surface area contributed by atoms with Gasteiger partial charge in [0.05, 0.1) is 0 Å². The Kier molecular flexibility index (Phi) is 4.22. The number of benzene rings is 1. The van der Waals surface area contributed by atoms with E-state index in [4.69, 9.17) is 0 Å². The van der Waals surface area contributed by atoms with Crippen LogP contribution < -0.4 is 10.1 Å². The van der Waals surface area contributed by atoms with Gasteiger partial charge in [-0.05, 0) is 49.4 Å². The molecule has 106 valence electrons. The lowest BCUT2D eigenvalue weighted by molar-refractivity contribution is -0.153. The largest absolute Gasteiger partial charge is 0.484 e. The van der Waals surface area contributed by atoms with Gasteiger partial charge in [-0.25, -0.2) is 0 Å². The summed E-state index contributed by atoms with van der Waals surface area (Å²) < 4.78 is 40.7. The van der Waals surface area contributed by atoms with Crippen molar-refractivity contribution in [2.24, 2.45) is 5.92 Å². The van der Waals surface area contributed by atoms with E-state index in [0.717, 1.165) is 18.0 Å². The Labute approximate surface area is 111 Å². The molecule has 0 radical (unpaired) electrons. The van der Waals surface area contributed by atoms with Crippen molar-refractivity contribution in [1.29, 1.82) is 0 Å². The zero-order valence-corrected chi connectivity index (χ0v) is 10.8. The van der Waals surface area contributed by atoms with E-state index >= 15 is 0 Å². The fourth-order valence-electron chi connectivity index (χ4n) is 2.08. The van der Waals surface area contributed by atoms with Crippen molar-refractivity contribution in [3.8, 4) is 5.75 Å². The van der Waals surface area contributed by atoms with Crippen LogP contribution in [0.15, 0.2) is 24.3 Å². The van der Waals surface area contributed by atoms with Crippen molar-refractivity contribution in [2.75, 3.05) is 11.9 Å². The van der Waals surface area contributed by atoms with E-state index in [-0.39, 0.29) is 5.75 Å². The zero-order chi connectivity index (χ0) is 13.9. The van der Waals surface area contributed by atoms with Crippen molar-refractivity contribution >= 4 is 5.69 Å². The summed E-state index contributed by atoms with van der Waals surface area (Å²) in [6, 6.07) is 7.11. The van der Waals surface area contributed by atoms with Crippen LogP contribution >= 0.6 is 0 Å². The lowest BCUT2D eigenvalue weighted by Crippen LogP contribution is -2.20. The van der Waals surface area contributed by atoms with E-state index in [9.17, 15) is 13.2 Å². The van der Waals surface area contributed by atoms with Crippen molar-refractivity contribution in [2.45, 2.75) is 38.4 Å². The molecule has 1 atom stereocenters. The average Bonchev–Trinajstić information content (AvgIpc) is 3.18. The smallest absolute Gasteiger partial charge is 0.422 e. The number of halogens is 3. The molecule has 1 saturated carbocycles. The van der Waals surface area contributed by atoms with Crippen molar-refractivity contribution in [3.63, 3.8) is 0 Å². The third kappa shape index (κ3) is 4.65. The maximum Gasteiger partial charge on any atom is 0.422 e. The molecule has 0 saturated heterocycles. The summed E-state index contributed by atoms with van der Waals surface area (Å²) in [5.41, 5.74) is 0.929. The first-order valence-electron chi connectivity index (χ1n) is 6.54. The quantitative estimate of drug-likeness (QED) is 0.837. The summed E-state index contributed by atoms with van der Waals surface area (Å²) in [5, 5.41) is 3.41. The Morgan fingerprint density at radius 2 is 1.89 bits per heavy atom. The Hall–Kier alpha value is -1.39. The molecule has 1 unspecified atom stereocenters. The second kappa shape index (κ2) is 5.72. The molecular weight excluding hydrogens is 255 g/mol. The lowest BCUT2D eigenvalue weighted by atomic mass is 10.1. The summed E-state index contributed by atoms with van der Waals surface area (Å²) in [4.78, 5) is 0. The predicted octanol–water partition coefficient (Wildman–Crippen LogP) is 4.23. The van der Waals surface area contributed by atoms with Gasteiger partial charge in [0.1, 0.15) is 5.75 Å². The minimum Gasteiger partial charge on any atom is -0.484 e. The van der Waals surface area contributed by atoms with E-state index < -0.39 is 12.8 Å². The van der Waals surface area contributed by atoms with Gasteiger partial charge in [-0.1, -0.05) is 6.92 Å². The summed E-state index contributed by atoms with van der Waals surface area (Å²) in [6.45, 7) is 0.885. The molecule has 1 N–H and O–H groups in total. The molecule has 0 aliphatic heterocycles. The van der Waals surface area contributed by atoms with Crippen LogP contribution in [0.3, 0.4) is 0 Å². The molecule has 0 bridgehead atoms. The van der Waals surface area contributed by atoms with E-state index in [1.165, 1.54) is 12.8 Å². The van der Waals surface area contributed by atoms with Gasteiger partial charge in [-0.15, -0.1) is 0 Å². The van der Waals surface area contributed by atoms with Gasteiger partial charge >= 0.3 is 6.18 Å². The number of ether oxygens (including phenoxy) is 1. The van der Waals surface area contributed by atoms with Crippen LogP contribution in [-0.4, -0.2) is 18.8 Å². The fourth-order valence-corrected chi connectivity index (χ4v) is 2.08. The number of hydrogen-bond acceptors (Lipinski definition) is 2. The minimum atomic E-state index is -4.30. The predicted molar refractivity (Wildman–Crippen MR) is 68.4 cm³/mol. The number of nitrogens with one attached hydrogen (secondary N) is 1. The zero-order valence-electron chi connectivity index (χ0n) is 10.8. The SMILES string of the molecule is CCC(Nc1ccc(OCC(F)(F)F)cc1)C1CC1. The van der Waals surface area contributed by atoms with E-state index in [2.05, 4.69) is 17.0 Å². The molecule has 1 fully saturated rings. The minimum absolute atomic E-state index is 0.238. The molecule has 1 aliphatic rings. The standard InChI is InChI=1S/C14H18F3NO/c1-2-13(10-3-4-10)18-11-5-7-12(8-6-11)19-9-14(15,16)17/h5-8,10,13,18H,2-4,9H2,1H3. The fraction of sp³-hybridized carbons (Fsp3) is 0.571. The Morgan fingerprint density at radius 3 is 2.37 bits per heavy atom. The number of rotatable bonds is 6. The molecule has 1 aliphatic carbocycles. The molecule has 1 aromatic rings. The highest BCUT2D eigenvalue weighted by atomic mass is 19.4. The molecule has 0 amide bonds. The van der Waals surface area contributed by atoms with Gasteiger partial charge in [0.2, 0.25) is 0 Å². The van der Waals surface area contributed by atoms with Crippen LogP contribution in [0, 0.1) is 5.92 Å². The molecular formula is C14H18F3NO. The second-order valence-electron chi connectivity index (χ2n) is 4.92. The molecule has 2 nitrogen and oxygen atoms in total. The molecule has 0 spiro atoms. The maximum absolute atomic E-state index is 12.0. The summed E-state index contributed by atoms with van der Waals surface area (Å²) >= 11 is 0. The number of anilines is 1. The summed E-state index contributed by atoms with van der Waals surface area (Å²) in [7, 11) is 0. The van der Waals surface area contributed by atoms with Crippen LogP contribution in [0.1, 0.15) is 26.2 Å². The lowest BCUT2D eigenvalue weighted by Gasteiger charge is -2.18. The number of alkyl halides is 3. The topological polar surface area (TPSA) is 21.3 Å². The van der Waals surface area contributed by atoms with E-state index in [0.29, 0.717) is 6.04 Å². The van der Waals surface area contributed by atoms with Crippen LogP contribution in [0.5, 0.6) is 5.75 Å². The first-order valence-corrected chi connectivity index (χ1v) is 6.54. The molecule has 0 heterocycles.